The first-order valence-electron chi connectivity index (χ1n) is 3.97. The van der Waals surface area contributed by atoms with Crippen molar-refractivity contribution in [2.45, 2.75) is 0 Å². The number of rotatable bonds is 3. The Kier molecular flexibility index (Phi) is 4.29. The minimum atomic E-state index is 0.115. The molecule has 0 atom stereocenters. The third-order valence-electron chi connectivity index (χ3n) is 1.54. The van der Waals surface area contributed by atoms with Crippen LogP contribution in [0.5, 0.6) is 5.75 Å². The second-order valence-corrected chi connectivity index (χ2v) is 3.40. The lowest BCUT2D eigenvalue weighted by Crippen LogP contribution is -1.96. The summed E-state index contributed by atoms with van der Waals surface area (Å²) in [7, 11) is 0. The quantitative estimate of drug-likeness (QED) is 0.383. The number of benzene rings is 1. The molecule has 78 valence electrons. The molecule has 0 bridgehead atoms. The van der Waals surface area contributed by atoms with Crippen LogP contribution in [-0.2, 0) is 0 Å². The lowest BCUT2D eigenvalue weighted by Gasteiger charge is -2.07. The Labute approximate surface area is 97.8 Å². The standard InChI is InChI=1S/C10H8Cl2N2O/c1-2-3-15-10-8(11)4-7(6-14-13)5-9(10)12/h1,4-6H,3,13H2. The summed E-state index contributed by atoms with van der Waals surface area (Å²) in [5.74, 6) is 7.70. The van der Waals surface area contributed by atoms with Gasteiger partial charge in [-0.15, -0.1) is 6.42 Å². The molecule has 0 aliphatic rings. The zero-order chi connectivity index (χ0) is 11.3. The molecule has 3 nitrogen and oxygen atoms in total. The molecule has 0 spiro atoms. The molecule has 1 aromatic carbocycles. The van der Waals surface area contributed by atoms with Crippen molar-refractivity contribution < 1.29 is 4.74 Å². The van der Waals surface area contributed by atoms with Crippen molar-refractivity contribution in [3.8, 4) is 18.1 Å². The Morgan fingerprint density at radius 1 is 1.47 bits per heavy atom. The second kappa shape index (κ2) is 5.50. The summed E-state index contributed by atoms with van der Waals surface area (Å²) in [5.41, 5.74) is 0.695. The molecular formula is C10H8Cl2N2O. The van der Waals surface area contributed by atoms with E-state index in [0.29, 0.717) is 21.4 Å². The van der Waals surface area contributed by atoms with Gasteiger partial charge in [-0.25, -0.2) is 0 Å². The summed E-state index contributed by atoms with van der Waals surface area (Å²) in [4.78, 5) is 0. The van der Waals surface area contributed by atoms with Gasteiger partial charge in [0.05, 0.1) is 16.3 Å². The van der Waals surface area contributed by atoms with Gasteiger partial charge in [0.15, 0.2) is 5.75 Å². The van der Waals surface area contributed by atoms with E-state index in [1.54, 1.807) is 12.1 Å². The number of ether oxygens (including phenoxy) is 1. The van der Waals surface area contributed by atoms with E-state index in [-0.39, 0.29) is 6.61 Å². The SMILES string of the molecule is C#CCOc1c(Cl)cc(C=NN)cc1Cl. The highest BCUT2D eigenvalue weighted by molar-refractivity contribution is 6.37. The van der Waals surface area contributed by atoms with Gasteiger partial charge in [0.1, 0.15) is 6.61 Å². The van der Waals surface area contributed by atoms with Crippen LogP contribution >= 0.6 is 23.2 Å². The molecule has 0 aliphatic heterocycles. The van der Waals surface area contributed by atoms with Gasteiger partial charge in [0, 0.05) is 0 Å². The Morgan fingerprint density at radius 2 is 2.07 bits per heavy atom. The molecule has 2 N–H and O–H groups in total. The Balaban J connectivity index is 3.05. The number of hydrogen-bond acceptors (Lipinski definition) is 3. The molecule has 15 heavy (non-hydrogen) atoms. The van der Waals surface area contributed by atoms with Crippen molar-refractivity contribution >= 4 is 29.4 Å². The number of hydrogen-bond donors (Lipinski definition) is 1. The molecule has 0 aromatic heterocycles. The summed E-state index contributed by atoms with van der Waals surface area (Å²) in [6.45, 7) is 0.115. The average Bonchev–Trinajstić information content (AvgIpc) is 2.17. The first-order chi connectivity index (χ1) is 7.19. The van der Waals surface area contributed by atoms with E-state index < -0.39 is 0 Å². The topological polar surface area (TPSA) is 47.6 Å². The molecule has 1 aromatic rings. The highest BCUT2D eigenvalue weighted by atomic mass is 35.5. The van der Waals surface area contributed by atoms with Crippen LogP contribution in [0.2, 0.25) is 10.0 Å². The van der Waals surface area contributed by atoms with Gasteiger partial charge in [0.2, 0.25) is 0 Å². The Hall–Kier alpha value is -1.37. The summed E-state index contributed by atoms with van der Waals surface area (Å²) in [6.07, 6.45) is 6.49. The van der Waals surface area contributed by atoms with E-state index in [0.717, 1.165) is 0 Å². The Bertz CT molecular complexity index is 401. The van der Waals surface area contributed by atoms with E-state index in [1.807, 2.05) is 0 Å². The maximum absolute atomic E-state index is 5.93. The van der Waals surface area contributed by atoms with Crippen LogP contribution in [0.25, 0.3) is 0 Å². The summed E-state index contributed by atoms with van der Waals surface area (Å²) in [5, 5.41) is 4.10. The van der Waals surface area contributed by atoms with Crippen LogP contribution in [0.4, 0.5) is 0 Å². The second-order valence-electron chi connectivity index (χ2n) is 2.58. The van der Waals surface area contributed by atoms with Gasteiger partial charge >= 0.3 is 0 Å². The van der Waals surface area contributed by atoms with Crippen LogP contribution in [0.3, 0.4) is 0 Å². The third-order valence-corrected chi connectivity index (χ3v) is 2.11. The normalized spacial score (nSPS) is 10.2. The fourth-order valence-corrected chi connectivity index (χ4v) is 1.60. The monoisotopic (exact) mass is 242 g/mol. The van der Waals surface area contributed by atoms with Crippen molar-refractivity contribution in [3.05, 3.63) is 27.7 Å². The van der Waals surface area contributed by atoms with Gasteiger partial charge in [-0.1, -0.05) is 29.1 Å². The molecule has 5 heteroatoms. The first-order valence-corrected chi connectivity index (χ1v) is 4.73. The van der Waals surface area contributed by atoms with Gasteiger partial charge in [-0.2, -0.15) is 5.10 Å². The van der Waals surface area contributed by atoms with Crippen molar-refractivity contribution in [2.75, 3.05) is 6.61 Å². The molecule has 0 fully saturated rings. The van der Waals surface area contributed by atoms with Crippen molar-refractivity contribution in [3.63, 3.8) is 0 Å². The summed E-state index contributed by atoms with van der Waals surface area (Å²) >= 11 is 11.9. The predicted molar refractivity (Wildman–Crippen MR) is 62.6 cm³/mol. The van der Waals surface area contributed by atoms with E-state index in [9.17, 15) is 0 Å². The zero-order valence-corrected chi connectivity index (χ0v) is 9.22. The number of nitrogens with zero attached hydrogens (tertiary/aromatic N) is 1. The van der Waals surface area contributed by atoms with E-state index in [1.165, 1.54) is 6.21 Å². The Morgan fingerprint density at radius 3 is 2.53 bits per heavy atom. The number of halogens is 2. The van der Waals surface area contributed by atoms with E-state index >= 15 is 0 Å². The summed E-state index contributed by atoms with van der Waals surface area (Å²) in [6, 6.07) is 3.27. The molecule has 0 amide bonds. The van der Waals surface area contributed by atoms with Crippen LogP contribution in [0.1, 0.15) is 5.56 Å². The maximum atomic E-state index is 5.93. The molecule has 1 rings (SSSR count). The molecular weight excluding hydrogens is 235 g/mol. The fourth-order valence-electron chi connectivity index (χ4n) is 0.992. The minimum absolute atomic E-state index is 0.115. The molecule has 0 aliphatic carbocycles. The number of terminal acetylenes is 1. The molecule has 0 radical (unpaired) electrons. The van der Waals surface area contributed by atoms with E-state index in [4.69, 9.17) is 40.2 Å². The van der Waals surface area contributed by atoms with Crippen molar-refractivity contribution in [2.24, 2.45) is 10.9 Å². The minimum Gasteiger partial charge on any atom is -0.478 e. The van der Waals surface area contributed by atoms with Crippen LogP contribution in [-0.4, -0.2) is 12.8 Å². The van der Waals surface area contributed by atoms with Crippen LogP contribution in [0, 0.1) is 12.3 Å². The van der Waals surface area contributed by atoms with E-state index in [2.05, 4.69) is 11.0 Å². The molecule has 0 saturated carbocycles. The molecule has 0 saturated heterocycles. The maximum Gasteiger partial charge on any atom is 0.157 e. The smallest absolute Gasteiger partial charge is 0.157 e. The van der Waals surface area contributed by atoms with Gasteiger partial charge in [-0.05, 0) is 17.7 Å². The van der Waals surface area contributed by atoms with Gasteiger partial charge in [0.25, 0.3) is 0 Å². The summed E-state index contributed by atoms with van der Waals surface area (Å²) < 4.78 is 5.17. The molecule has 0 unspecified atom stereocenters. The van der Waals surface area contributed by atoms with Crippen molar-refractivity contribution in [1.29, 1.82) is 0 Å². The average molecular weight is 243 g/mol. The fraction of sp³-hybridized carbons (Fsp3) is 0.100. The van der Waals surface area contributed by atoms with Gasteiger partial charge < -0.3 is 10.6 Å². The highest BCUT2D eigenvalue weighted by Crippen LogP contribution is 2.33. The lowest BCUT2D eigenvalue weighted by molar-refractivity contribution is 0.371. The third kappa shape index (κ3) is 3.05. The predicted octanol–water partition coefficient (Wildman–Crippen LogP) is 2.30. The molecule has 0 heterocycles. The highest BCUT2D eigenvalue weighted by Gasteiger charge is 2.08. The van der Waals surface area contributed by atoms with Crippen LogP contribution in [0.15, 0.2) is 17.2 Å². The zero-order valence-electron chi connectivity index (χ0n) is 7.71. The van der Waals surface area contributed by atoms with Crippen LogP contribution < -0.4 is 10.6 Å². The first kappa shape index (κ1) is 11.7. The lowest BCUT2D eigenvalue weighted by atomic mass is 10.2. The number of hydrazone groups is 1. The number of nitrogens with two attached hydrogens (primary N) is 1. The van der Waals surface area contributed by atoms with Crippen molar-refractivity contribution in [1.82, 2.24) is 0 Å². The largest absolute Gasteiger partial charge is 0.478 e. The van der Waals surface area contributed by atoms with Gasteiger partial charge in [-0.3, -0.25) is 0 Å².